The molecule has 0 aliphatic rings. The van der Waals surface area contributed by atoms with E-state index in [1.54, 1.807) is 18.3 Å². The van der Waals surface area contributed by atoms with Gasteiger partial charge in [0, 0.05) is 4.47 Å². The molecule has 0 aliphatic carbocycles. The van der Waals surface area contributed by atoms with E-state index in [1.165, 1.54) is 7.11 Å². The molecule has 0 aromatic heterocycles. The van der Waals surface area contributed by atoms with Crippen LogP contribution in [-0.4, -0.2) is 25.8 Å². The number of carbonyl (C=O) groups excluding carboxylic acids is 1. The number of methoxy groups -OCH3 is 1. The Morgan fingerprint density at radius 2 is 1.77 bits per heavy atom. The molecule has 8 heteroatoms. The minimum Gasteiger partial charge on any atom is -0.493 e. The monoisotopic (exact) mass is 546 g/mol. The summed E-state index contributed by atoms with van der Waals surface area (Å²) in [6.45, 7) is 0.295. The summed E-state index contributed by atoms with van der Waals surface area (Å²) < 4.78 is 18.1. The van der Waals surface area contributed by atoms with Gasteiger partial charge in [0.25, 0.3) is 5.91 Å². The highest BCUT2D eigenvalue weighted by Gasteiger charge is 2.12. The van der Waals surface area contributed by atoms with Crippen molar-refractivity contribution in [3.63, 3.8) is 0 Å². The molecule has 31 heavy (non-hydrogen) atoms. The molecular formula is C23H20Br2N2O4. The lowest BCUT2D eigenvalue weighted by Gasteiger charge is -2.12. The minimum absolute atomic E-state index is 0.208. The molecule has 160 valence electrons. The Morgan fingerprint density at radius 1 is 1.03 bits per heavy atom. The van der Waals surface area contributed by atoms with Gasteiger partial charge in [-0.05, 0) is 63.5 Å². The van der Waals surface area contributed by atoms with Gasteiger partial charge in [0.05, 0.1) is 17.8 Å². The van der Waals surface area contributed by atoms with E-state index >= 15 is 0 Å². The zero-order chi connectivity index (χ0) is 22.1. The molecule has 0 unspecified atom stereocenters. The van der Waals surface area contributed by atoms with Crippen LogP contribution in [0.5, 0.6) is 17.2 Å². The molecule has 0 aliphatic heterocycles. The third kappa shape index (κ3) is 7.11. The summed E-state index contributed by atoms with van der Waals surface area (Å²) in [6.07, 6.45) is 1.55. The van der Waals surface area contributed by atoms with Gasteiger partial charge in [-0.1, -0.05) is 46.3 Å². The molecule has 6 nitrogen and oxygen atoms in total. The summed E-state index contributed by atoms with van der Waals surface area (Å²) in [7, 11) is 1.53. The van der Waals surface area contributed by atoms with E-state index < -0.39 is 5.91 Å². The SMILES string of the molecule is COc1cc(Br)cc(Br)c1OCC(=O)N/N=C\c1ccc(OCc2ccccc2)cc1. The Kier molecular flexibility index (Phi) is 8.49. The average molecular weight is 548 g/mol. The van der Waals surface area contributed by atoms with Crippen LogP contribution < -0.4 is 19.6 Å². The predicted molar refractivity (Wildman–Crippen MR) is 127 cm³/mol. The van der Waals surface area contributed by atoms with Crippen LogP contribution in [0.1, 0.15) is 11.1 Å². The Balaban J connectivity index is 1.46. The van der Waals surface area contributed by atoms with E-state index in [0.29, 0.717) is 22.6 Å². The molecule has 0 radical (unpaired) electrons. The van der Waals surface area contributed by atoms with E-state index in [1.807, 2.05) is 54.6 Å². The van der Waals surface area contributed by atoms with Crippen molar-refractivity contribution in [1.29, 1.82) is 0 Å². The summed E-state index contributed by atoms with van der Waals surface area (Å²) in [6, 6.07) is 20.9. The van der Waals surface area contributed by atoms with Crippen molar-refractivity contribution in [3.8, 4) is 17.2 Å². The summed E-state index contributed by atoms with van der Waals surface area (Å²) >= 11 is 6.77. The van der Waals surface area contributed by atoms with Crippen LogP contribution in [0.25, 0.3) is 0 Å². The van der Waals surface area contributed by atoms with Gasteiger partial charge in [-0.15, -0.1) is 0 Å². The number of nitrogens with zero attached hydrogens (tertiary/aromatic N) is 1. The lowest BCUT2D eigenvalue weighted by molar-refractivity contribution is -0.123. The number of halogens is 2. The van der Waals surface area contributed by atoms with Gasteiger partial charge in [0.1, 0.15) is 12.4 Å². The number of hydrogen-bond acceptors (Lipinski definition) is 5. The van der Waals surface area contributed by atoms with Crippen molar-refractivity contribution in [3.05, 3.63) is 86.8 Å². The van der Waals surface area contributed by atoms with Gasteiger partial charge in [-0.2, -0.15) is 5.10 Å². The highest BCUT2D eigenvalue weighted by atomic mass is 79.9. The quantitative estimate of drug-likeness (QED) is 0.290. The number of benzene rings is 3. The standard InChI is InChI=1S/C23H20Br2N2O4/c1-29-21-12-18(24)11-20(25)23(21)31-15-22(28)27-26-13-16-7-9-19(10-8-16)30-14-17-5-3-2-4-6-17/h2-13H,14-15H2,1H3,(H,27,28)/b26-13-. The number of hydrazone groups is 1. The van der Waals surface area contributed by atoms with Crippen molar-refractivity contribution in [2.24, 2.45) is 5.10 Å². The second kappa shape index (κ2) is 11.5. The molecule has 1 N–H and O–H groups in total. The predicted octanol–water partition coefficient (Wildman–Crippen LogP) is 5.33. The molecule has 0 heterocycles. The van der Waals surface area contributed by atoms with E-state index in [-0.39, 0.29) is 6.61 Å². The molecule has 0 spiro atoms. The van der Waals surface area contributed by atoms with Crippen molar-refractivity contribution in [2.75, 3.05) is 13.7 Å². The first-order valence-corrected chi connectivity index (χ1v) is 10.9. The normalized spacial score (nSPS) is 10.7. The van der Waals surface area contributed by atoms with Crippen LogP contribution in [0.15, 0.2) is 80.8 Å². The molecule has 1 amide bonds. The molecular weight excluding hydrogens is 528 g/mol. The second-order valence-electron chi connectivity index (χ2n) is 6.34. The molecule has 0 atom stereocenters. The molecule has 0 fully saturated rings. The minimum atomic E-state index is -0.393. The average Bonchev–Trinajstić information content (AvgIpc) is 2.78. The number of carbonyl (C=O) groups is 1. The summed E-state index contributed by atoms with van der Waals surface area (Å²) in [4.78, 5) is 12.0. The zero-order valence-electron chi connectivity index (χ0n) is 16.7. The smallest absolute Gasteiger partial charge is 0.277 e. The maximum absolute atomic E-state index is 12.0. The van der Waals surface area contributed by atoms with Crippen molar-refractivity contribution in [2.45, 2.75) is 6.61 Å². The van der Waals surface area contributed by atoms with Gasteiger partial charge in [-0.3, -0.25) is 4.79 Å². The van der Waals surface area contributed by atoms with E-state index in [4.69, 9.17) is 14.2 Å². The van der Waals surface area contributed by atoms with E-state index in [2.05, 4.69) is 42.4 Å². The topological polar surface area (TPSA) is 69.2 Å². The van der Waals surface area contributed by atoms with Crippen LogP contribution in [-0.2, 0) is 11.4 Å². The third-order valence-corrected chi connectivity index (χ3v) is 5.12. The van der Waals surface area contributed by atoms with E-state index in [0.717, 1.165) is 21.3 Å². The fourth-order valence-corrected chi connectivity index (χ4v) is 3.87. The summed E-state index contributed by atoms with van der Waals surface area (Å²) in [5, 5.41) is 3.96. The van der Waals surface area contributed by atoms with Crippen LogP contribution in [0.3, 0.4) is 0 Å². The van der Waals surface area contributed by atoms with Gasteiger partial charge < -0.3 is 14.2 Å². The lowest BCUT2D eigenvalue weighted by atomic mass is 10.2. The number of amides is 1. The Hall–Kier alpha value is -2.84. The number of nitrogens with one attached hydrogen (secondary N) is 1. The Morgan fingerprint density at radius 3 is 2.48 bits per heavy atom. The van der Waals surface area contributed by atoms with Gasteiger partial charge >= 0.3 is 0 Å². The lowest BCUT2D eigenvalue weighted by Crippen LogP contribution is -2.24. The van der Waals surface area contributed by atoms with Crippen molar-refractivity contribution in [1.82, 2.24) is 5.43 Å². The second-order valence-corrected chi connectivity index (χ2v) is 8.11. The summed E-state index contributed by atoms with van der Waals surface area (Å²) in [5.41, 5.74) is 4.37. The van der Waals surface area contributed by atoms with Crippen LogP contribution in [0.2, 0.25) is 0 Å². The largest absolute Gasteiger partial charge is 0.493 e. The van der Waals surface area contributed by atoms with E-state index in [9.17, 15) is 4.79 Å². The molecule has 3 rings (SSSR count). The zero-order valence-corrected chi connectivity index (χ0v) is 19.9. The first-order chi connectivity index (χ1) is 15.0. The fourth-order valence-electron chi connectivity index (χ4n) is 2.57. The van der Waals surface area contributed by atoms with Gasteiger partial charge in [0.15, 0.2) is 18.1 Å². The highest BCUT2D eigenvalue weighted by molar-refractivity contribution is 9.11. The molecule has 0 bridgehead atoms. The Bertz CT molecular complexity index is 1040. The number of rotatable bonds is 9. The van der Waals surface area contributed by atoms with Crippen molar-refractivity contribution < 1.29 is 19.0 Å². The molecule has 0 saturated heterocycles. The first-order valence-electron chi connectivity index (χ1n) is 9.29. The molecule has 3 aromatic carbocycles. The maximum atomic E-state index is 12.0. The maximum Gasteiger partial charge on any atom is 0.277 e. The number of ether oxygens (including phenoxy) is 3. The molecule has 0 saturated carbocycles. The fraction of sp³-hybridized carbons (Fsp3) is 0.130. The Labute approximate surface area is 197 Å². The van der Waals surface area contributed by atoms with Crippen LogP contribution in [0.4, 0.5) is 0 Å². The third-order valence-electron chi connectivity index (χ3n) is 4.07. The molecule has 3 aromatic rings. The van der Waals surface area contributed by atoms with Gasteiger partial charge in [-0.25, -0.2) is 5.43 Å². The van der Waals surface area contributed by atoms with Gasteiger partial charge in [0.2, 0.25) is 0 Å². The van der Waals surface area contributed by atoms with Crippen LogP contribution >= 0.6 is 31.9 Å². The van der Waals surface area contributed by atoms with Crippen molar-refractivity contribution >= 4 is 44.0 Å². The van der Waals surface area contributed by atoms with Crippen LogP contribution in [0, 0.1) is 0 Å². The number of hydrogen-bond donors (Lipinski definition) is 1. The highest BCUT2D eigenvalue weighted by Crippen LogP contribution is 2.38. The first kappa shape index (κ1) is 22.8. The summed E-state index contributed by atoms with van der Waals surface area (Å²) in [5.74, 6) is 1.31.